The van der Waals surface area contributed by atoms with E-state index in [4.69, 9.17) is 4.74 Å². The molecule has 29 heavy (non-hydrogen) atoms. The van der Waals surface area contributed by atoms with Crippen LogP contribution in [0, 0.1) is 19.7 Å². The number of aryl methyl sites for hydroxylation is 2. The summed E-state index contributed by atoms with van der Waals surface area (Å²) in [5.41, 5.74) is 2.98. The summed E-state index contributed by atoms with van der Waals surface area (Å²) in [6.07, 6.45) is 0. The number of nitrogens with one attached hydrogen (secondary N) is 2. The van der Waals surface area contributed by atoms with Crippen LogP contribution in [-0.2, 0) is 19.7 Å². The highest BCUT2D eigenvalue weighted by atomic mass is 32.1. The van der Waals surface area contributed by atoms with Gasteiger partial charge in [-0.05, 0) is 49.2 Å². The van der Waals surface area contributed by atoms with Crippen LogP contribution in [0.4, 0.5) is 4.39 Å². The lowest BCUT2D eigenvalue weighted by Gasteiger charge is -2.12. The largest absolute Gasteiger partial charge is 0.489 e. The molecule has 0 aliphatic carbocycles. The molecule has 1 heterocycles. The van der Waals surface area contributed by atoms with Crippen molar-refractivity contribution in [2.75, 3.05) is 7.05 Å². The van der Waals surface area contributed by atoms with Crippen molar-refractivity contribution in [2.24, 2.45) is 4.99 Å². The second-order valence-electron chi connectivity index (χ2n) is 6.59. The summed E-state index contributed by atoms with van der Waals surface area (Å²) >= 11 is 1.70. The first kappa shape index (κ1) is 20.8. The molecular weight excluding hydrogens is 387 g/mol. The molecule has 3 aromatic rings. The number of aliphatic imine (C=N–C) groups is 1. The molecule has 0 fully saturated rings. The zero-order chi connectivity index (χ0) is 20.6. The van der Waals surface area contributed by atoms with E-state index in [2.05, 4.69) is 27.5 Å². The molecule has 152 valence electrons. The highest BCUT2D eigenvalue weighted by molar-refractivity contribution is 7.11. The van der Waals surface area contributed by atoms with Crippen LogP contribution in [-0.4, -0.2) is 18.0 Å². The number of halogens is 1. The molecule has 0 bridgehead atoms. The Morgan fingerprint density at radius 3 is 2.48 bits per heavy atom. The minimum atomic E-state index is -0.255. The van der Waals surface area contributed by atoms with Crippen molar-refractivity contribution in [3.05, 3.63) is 81.1 Å². The molecule has 1 aromatic heterocycles. The van der Waals surface area contributed by atoms with E-state index in [-0.39, 0.29) is 5.82 Å². The first-order valence-corrected chi connectivity index (χ1v) is 10.2. The Balaban J connectivity index is 1.45. The van der Waals surface area contributed by atoms with Gasteiger partial charge >= 0.3 is 0 Å². The molecule has 0 unspecified atom stereocenters. The van der Waals surface area contributed by atoms with Gasteiger partial charge in [0.1, 0.15) is 23.2 Å². The maximum absolute atomic E-state index is 13.2. The fourth-order valence-electron chi connectivity index (χ4n) is 2.68. The molecule has 0 spiro atoms. The first-order chi connectivity index (χ1) is 14.0. The smallest absolute Gasteiger partial charge is 0.191 e. The number of hydrogen-bond donors (Lipinski definition) is 2. The van der Waals surface area contributed by atoms with Crippen molar-refractivity contribution in [3.63, 3.8) is 0 Å². The molecular formula is C22H25FN4OS. The SMILES string of the molecule is CN=C(NCc1ccc(OCc2cccc(F)c2)cc1)NCc1nc(C)c(C)s1. The zero-order valence-electron chi connectivity index (χ0n) is 16.8. The Kier molecular flexibility index (Phi) is 7.19. The molecule has 0 atom stereocenters. The van der Waals surface area contributed by atoms with Gasteiger partial charge in [-0.3, -0.25) is 4.99 Å². The van der Waals surface area contributed by atoms with Gasteiger partial charge in [-0.1, -0.05) is 24.3 Å². The number of nitrogens with zero attached hydrogens (tertiary/aromatic N) is 2. The van der Waals surface area contributed by atoms with E-state index >= 15 is 0 Å². The fourth-order valence-corrected chi connectivity index (χ4v) is 3.55. The monoisotopic (exact) mass is 412 g/mol. The van der Waals surface area contributed by atoms with Gasteiger partial charge in [0, 0.05) is 18.5 Å². The lowest BCUT2D eigenvalue weighted by Crippen LogP contribution is -2.36. The molecule has 5 nitrogen and oxygen atoms in total. The van der Waals surface area contributed by atoms with Crippen molar-refractivity contribution < 1.29 is 9.13 Å². The number of thiazole rings is 1. The van der Waals surface area contributed by atoms with Gasteiger partial charge in [0.25, 0.3) is 0 Å². The van der Waals surface area contributed by atoms with Crippen LogP contribution >= 0.6 is 11.3 Å². The second-order valence-corrected chi connectivity index (χ2v) is 7.88. The number of hydrogen-bond acceptors (Lipinski definition) is 4. The van der Waals surface area contributed by atoms with E-state index in [1.165, 1.54) is 17.0 Å². The van der Waals surface area contributed by atoms with Crippen LogP contribution in [0.5, 0.6) is 5.75 Å². The molecule has 7 heteroatoms. The minimum absolute atomic E-state index is 0.255. The predicted molar refractivity (Wildman–Crippen MR) is 116 cm³/mol. The third kappa shape index (κ3) is 6.29. The van der Waals surface area contributed by atoms with E-state index in [1.54, 1.807) is 24.5 Å². The second kappa shape index (κ2) is 10.0. The van der Waals surface area contributed by atoms with Crippen molar-refractivity contribution in [2.45, 2.75) is 33.5 Å². The summed E-state index contributed by atoms with van der Waals surface area (Å²) in [5, 5.41) is 7.62. The van der Waals surface area contributed by atoms with Gasteiger partial charge in [-0.25, -0.2) is 9.37 Å². The molecule has 0 amide bonds. The van der Waals surface area contributed by atoms with Crippen molar-refractivity contribution in [1.29, 1.82) is 0 Å². The summed E-state index contributed by atoms with van der Waals surface area (Å²) < 4.78 is 18.9. The van der Waals surface area contributed by atoms with E-state index in [0.717, 1.165) is 33.5 Å². The topological polar surface area (TPSA) is 58.5 Å². The average Bonchev–Trinajstić information content (AvgIpc) is 3.05. The van der Waals surface area contributed by atoms with Gasteiger partial charge in [0.05, 0.1) is 12.2 Å². The Morgan fingerprint density at radius 1 is 1.07 bits per heavy atom. The molecule has 0 aliphatic rings. The highest BCUT2D eigenvalue weighted by Crippen LogP contribution is 2.16. The molecule has 3 rings (SSSR count). The summed E-state index contributed by atoms with van der Waals surface area (Å²) in [4.78, 5) is 10.0. The van der Waals surface area contributed by atoms with Crippen molar-refractivity contribution in [1.82, 2.24) is 15.6 Å². The first-order valence-electron chi connectivity index (χ1n) is 9.37. The molecule has 0 radical (unpaired) electrons. The molecule has 2 N–H and O–H groups in total. The van der Waals surface area contributed by atoms with Gasteiger partial charge in [0.15, 0.2) is 5.96 Å². The van der Waals surface area contributed by atoms with E-state index < -0.39 is 0 Å². The summed E-state index contributed by atoms with van der Waals surface area (Å²) in [7, 11) is 1.75. The minimum Gasteiger partial charge on any atom is -0.489 e. The van der Waals surface area contributed by atoms with Crippen LogP contribution in [0.2, 0.25) is 0 Å². The normalized spacial score (nSPS) is 11.4. The van der Waals surface area contributed by atoms with Crippen molar-refractivity contribution in [3.8, 4) is 5.75 Å². The predicted octanol–water partition coefficient (Wildman–Crippen LogP) is 4.34. The highest BCUT2D eigenvalue weighted by Gasteiger charge is 2.05. The molecule has 0 saturated heterocycles. The summed E-state index contributed by atoms with van der Waals surface area (Å²) in [6.45, 7) is 5.72. The van der Waals surface area contributed by atoms with Crippen LogP contribution in [0.15, 0.2) is 53.5 Å². The number of rotatable bonds is 7. The van der Waals surface area contributed by atoms with Gasteiger partial charge in [-0.2, -0.15) is 0 Å². The Morgan fingerprint density at radius 2 is 1.83 bits per heavy atom. The lowest BCUT2D eigenvalue weighted by atomic mass is 10.2. The Bertz CT molecular complexity index is 950. The Labute approximate surface area is 174 Å². The maximum atomic E-state index is 13.2. The zero-order valence-corrected chi connectivity index (χ0v) is 17.6. The lowest BCUT2D eigenvalue weighted by molar-refractivity contribution is 0.305. The number of guanidine groups is 1. The molecule has 0 saturated carbocycles. The van der Waals surface area contributed by atoms with Gasteiger partial charge in [0.2, 0.25) is 0 Å². The number of benzene rings is 2. The van der Waals surface area contributed by atoms with Crippen LogP contribution in [0.25, 0.3) is 0 Å². The van der Waals surface area contributed by atoms with E-state index in [1.807, 2.05) is 37.3 Å². The van der Waals surface area contributed by atoms with Crippen LogP contribution < -0.4 is 15.4 Å². The Hall–Kier alpha value is -2.93. The third-order valence-corrected chi connectivity index (χ3v) is 5.45. The average molecular weight is 413 g/mol. The number of ether oxygens (including phenoxy) is 1. The fraction of sp³-hybridized carbons (Fsp3) is 0.273. The summed E-state index contributed by atoms with van der Waals surface area (Å²) in [5.74, 6) is 1.21. The standard InChI is InChI=1S/C22H25FN4OS/c1-15-16(2)29-21(27-15)13-26-22(24-3)25-12-17-7-9-20(10-8-17)28-14-18-5-4-6-19(23)11-18/h4-11H,12-14H2,1-3H3,(H2,24,25,26). The number of aromatic nitrogens is 1. The van der Waals surface area contributed by atoms with Gasteiger partial charge in [-0.15, -0.1) is 11.3 Å². The summed E-state index contributed by atoms with van der Waals surface area (Å²) in [6, 6.07) is 14.2. The van der Waals surface area contributed by atoms with Crippen molar-refractivity contribution >= 4 is 17.3 Å². The van der Waals surface area contributed by atoms with Gasteiger partial charge < -0.3 is 15.4 Å². The van der Waals surface area contributed by atoms with Crippen LogP contribution in [0.1, 0.15) is 26.7 Å². The van der Waals surface area contributed by atoms with Crippen LogP contribution in [0.3, 0.4) is 0 Å². The van der Waals surface area contributed by atoms with E-state index in [0.29, 0.717) is 19.7 Å². The van der Waals surface area contributed by atoms with E-state index in [9.17, 15) is 4.39 Å². The quantitative estimate of drug-likeness (QED) is 0.448. The molecule has 2 aromatic carbocycles. The molecule has 0 aliphatic heterocycles. The maximum Gasteiger partial charge on any atom is 0.191 e. The third-order valence-electron chi connectivity index (χ3n) is 4.38.